The first-order valence-corrected chi connectivity index (χ1v) is 7.04. The molecule has 0 aliphatic carbocycles. The van der Waals surface area contributed by atoms with Gasteiger partial charge in [0.25, 0.3) is 5.91 Å². The zero-order valence-electron chi connectivity index (χ0n) is 11.8. The van der Waals surface area contributed by atoms with Gasteiger partial charge in [-0.15, -0.1) is 0 Å². The predicted molar refractivity (Wildman–Crippen MR) is 76.7 cm³/mol. The van der Waals surface area contributed by atoms with Gasteiger partial charge in [-0.05, 0) is 5.56 Å². The Morgan fingerprint density at radius 1 is 1.10 bits per heavy atom. The summed E-state index contributed by atoms with van der Waals surface area (Å²) in [7, 11) is 0. The molecule has 1 unspecified atom stereocenters. The van der Waals surface area contributed by atoms with Crippen molar-refractivity contribution in [3.05, 3.63) is 35.9 Å². The fraction of sp³-hybridized carbons (Fsp3) is 0.467. The lowest BCUT2D eigenvalue weighted by Crippen LogP contribution is -2.50. The molecule has 1 aliphatic rings. The van der Waals surface area contributed by atoms with Crippen molar-refractivity contribution in [3.8, 4) is 0 Å². The minimum Gasteiger partial charge on any atom is -0.481 e. The first-order valence-electron chi connectivity index (χ1n) is 7.04. The van der Waals surface area contributed by atoms with Crippen molar-refractivity contribution in [2.75, 3.05) is 32.7 Å². The van der Waals surface area contributed by atoms with Gasteiger partial charge in [0.05, 0.1) is 6.42 Å². The standard InChI is InChI=1S/C15H20N2O4/c18-13(19)6-7-16-8-10-17(11-9-16)15(21)14(20)12-4-2-1-3-5-12/h1-5,14,20H,6-11H2,(H,18,19). The van der Waals surface area contributed by atoms with Crippen molar-refractivity contribution >= 4 is 11.9 Å². The van der Waals surface area contributed by atoms with Gasteiger partial charge in [-0.25, -0.2) is 0 Å². The Morgan fingerprint density at radius 2 is 1.71 bits per heavy atom. The first-order chi connectivity index (χ1) is 10.1. The Morgan fingerprint density at radius 3 is 2.29 bits per heavy atom. The van der Waals surface area contributed by atoms with Crippen LogP contribution in [-0.2, 0) is 9.59 Å². The van der Waals surface area contributed by atoms with Crippen molar-refractivity contribution in [3.63, 3.8) is 0 Å². The van der Waals surface area contributed by atoms with E-state index in [1.807, 2.05) is 11.0 Å². The topological polar surface area (TPSA) is 81.1 Å². The Kier molecular flexibility index (Phi) is 5.30. The molecule has 0 aromatic heterocycles. The summed E-state index contributed by atoms with van der Waals surface area (Å²) in [5.41, 5.74) is 0.593. The highest BCUT2D eigenvalue weighted by molar-refractivity contribution is 5.82. The lowest BCUT2D eigenvalue weighted by Gasteiger charge is -2.35. The van der Waals surface area contributed by atoms with E-state index in [0.29, 0.717) is 38.3 Å². The monoisotopic (exact) mass is 292 g/mol. The van der Waals surface area contributed by atoms with Crippen LogP contribution in [0.25, 0.3) is 0 Å². The van der Waals surface area contributed by atoms with Gasteiger partial charge in [0.1, 0.15) is 0 Å². The number of aliphatic hydroxyl groups is 1. The fourth-order valence-corrected chi connectivity index (χ4v) is 2.40. The molecule has 1 heterocycles. The van der Waals surface area contributed by atoms with Gasteiger partial charge >= 0.3 is 5.97 Å². The number of rotatable bonds is 5. The average molecular weight is 292 g/mol. The number of carbonyl (C=O) groups is 2. The second-order valence-corrected chi connectivity index (χ2v) is 5.12. The maximum atomic E-state index is 12.2. The summed E-state index contributed by atoms with van der Waals surface area (Å²) in [5, 5.41) is 18.8. The number of hydrogen-bond acceptors (Lipinski definition) is 4. The van der Waals surface area contributed by atoms with E-state index < -0.39 is 12.1 Å². The van der Waals surface area contributed by atoms with Crippen molar-refractivity contribution in [2.45, 2.75) is 12.5 Å². The van der Waals surface area contributed by atoms with Crippen LogP contribution >= 0.6 is 0 Å². The number of aliphatic hydroxyl groups excluding tert-OH is 1. The summed E-state index contributed by atoms with van der Waals surface area (Å²) < 4.78 is 0. The molecule has 1 fully saturated rings. The van der Waals surface area contributed by atoms with Crippen LogP contribution in [0.5, 0.6) is 0 Å². The molecule has 0 spiro atoms. The van der Waals surface area contributed by atoms with Gasteiger partial charge in [-0.1, -0.05) is 30.3 Å². The molecule has 1 aliphatic heterocycles. The largest absolute Gasteiger partial charge is 0.481 e. The highest BCUT2D eigenvalue weighted by Crippen LogP contribution is 2.16. The maximum Gasteiger partial charge on any atom is 0.304 e. The smallest absolute Gasteiger partial charge is 0.304 e. The maximum absolute atomic E-state index is 12.2. The van der Waals surface area contributed by atoms with Gasteiger partial charge in [0.15, 0.2) is 6.10 Å². The molecule has 114 valence electrons. The number of carboxylic acids is 1. The van der Waals surface area contributed by atoms with Gasteiger partial charge in [-0.2, -0.15) is 0 Å². The number of amides is 1. The van der Waals surface area contributed by atoms with Crippen LogP contribution in [0.3, 0.4) is 0 Å². The molecule has 1 saturated heterocycles. The summed E-state index contributed by atoms with van der Waals surface area (Å²) >= 11 is 0. The number of hydrogen-bond donors (Lipinski definition) is 2. The number of aliphatic carboxylic acids is 1. The van der Waals surface area contributed by atoms with Gasteiger partial charge < -0.3 is 15.1 Å². The molecule has 1 atom stereocenters. The van der Waals surface area contributed by atoms with Crippen LogP contribution in [-0.4, -0.2) is 64.6 Å². The molecule has 6 nitrogen and oxygen atoms in total. The molecule has 1 aromatic rings. The second kappa shape index (κ2) is 7.19. The van der Waals surface area contributed by atoms with E-state index in [4.69, 9.17) is 5.11 Å². The summed E-state index contributed by atoms with van der Waals surface area (Å²) in [6.45, 7) is 2.81. The zero-order chi connectivity index (χ0) is 15.2. The Bertz CT molecular complexity index is 484. The number of nitrogens with zero attached hydrogens (tertiary/aromatic N) is 2. The van der Waals surface area contributed by atoms with Crippen LogP contribution in [0, 0.1) is 0 Å². The first kappa shape index (κ1) is 15.5. The highest BCUT2D eigenvalue weighted by Gasteiger charge is 2.26. The predicted octanol–water partition coefficient (Wildman–Crippen LogP) is 0.339. The summed E-state index contributed by atoms with van der Waals surface area (Å²) in [6, 6.07) is 8.87. The third kappa shape index (κ3) is 4.27. The van der Waals surface area contributed by atoms with E-state index in [2.05, 4.69) is 0 Å². The van der Waals surface area contributed by atoms with Gasteiger partial charge in [-0.3, -0.25) is 14.5 Å². The summed E-state index contributed by atoms with van der Waals surface area (Å²) in [6.07, 6.45) is -1.02. The van der Waals surface area contributed by atoms with Crippen molar-refractivity contribution < 1.29 is 19.8 Å². The molecular weight excluding hydrogens is 272 g/mol. The Labute approximate surface area is 123 Å². The molecule has 6 heteroatoms. The molecule has 0 radical (unpaired) electrons. The van der Waals surface area contributed by atoms with Crippen LogP contribution < -0.4 is 0 Å². The zero-order valence-corrected chi connectivity index (χ0v) is 11.8. The number of carboxylic acid groups (broad SMARTS) is 1. The van der Waals surface area contributed by atoms with E-state index >= 15 is 0 Å². The van der Waals surface area contributed by atoms with E-state index in [0.717, 1.165) is 0 Å². The summed E-state index contributed by atoms with van der Waals surface area (Å²) in [5.74, 6) is -1.10. The molecule has 0 bridgehead atoms. The number of carbonyl (C=O) groups excluding carboxylic acids is 1. The lowest BCUT2D eigenvalue weighted by molar-refractivity contribution is -0.143. The minimum absolute atomic E-state index is 0.112. The van der Waals surface area contributed by atoms with Gasteiger partial charge in [0, 0.05) is 32.7 Å². The van der Waals surface area contributed by atoms with Crippen molar-refractivity contribution in [1.29, 1.82) is 0 Å². The quantitative estimate of drug-likeness (QED) is 0.818. The van der Waals surface area contributed by atoms with Gasteiger partial charge in [0.2, 0.25) is 0 Å². The minimum atomic E-state index is -1.13. The Balaban J connectivity index is 1.84. The van der Waals surface area contributed by atoms with Crippen LogP contribution in [0.2, 0.25) is 0 Å². The molecule has 0 saturated carbocycles. The fourth-order valence-electron chi connectivity index (χ4n) is 2.40. The van der Waals surface area contributed by atoms with E-state index in [1.165, 1.54) is 0 Å². The van der Waals surface area contributed by atoms with Crippen molar-refractivity contribution in [2.24, 2.45) is 0 Å². The Hall–Kier alpha value is -1.92. The third-order valence-corrected chi connectivity index (χ3v) is 3.68. The molecule has 2 N–H and O–H groups in total. The van der Waals surface area contributed by atoms with Crippen molar-refractivity contribution in [1.82, 2.24) is 9.80 Å². The van der Waals surface area contributed by atoms with Crippen LogP contribution in [0.1, 0.15) is 18.1 Å². The lowest BCUT2D eigenvalue weighted by atomic mass is 10.1. The third-order valence-electron chi connectivity index (χ3n) is 3.68. The molecule has 2 rings (SSSR count). The summed E-state index contributed by atoms with van der Waals surface area (Å²) in [4.78, 5) is 26.4. The number of piperazine rings is 1. The van der Waals surface area contributed by atoms with Crippen LogP contribution in [0.15, 0.2) is 30.3 Å². The molecule has 1 amide bonds. The second-order valence-electron chi connectivity index (χ2n) is 5.12. The molecular formula is C15H20N2O4. The average Bonchev–Trinajstić information content (AvgIpc) is 2.53. The molecule has 21 heavy (non-hydrogen) atoms. The van der Waals surface area contributed by atoms with E-state index in [-0.39, 0.29) is 12.3 Å². The SMILES string of the molecule is O=C(O)CCN1CCN(C(=O)C(O)c2ccccc2)CC1. The number of benzene rings is 1. The van der Waals surface area contributed by atoms with E-state index in [1.54, 1.807) is 29.2 Å². The highest BCUT2D eigenvalue weighted by atomic mass is 16.4. The van der Waals surface area contributed by atoms with Crippen LogP contribution in [0.4, 0.5) is 0 Å². The van der Waals surface area contributed by atoms with E-state index in [9.17, 15) is 14.7 Å². The molecule has 1 aromatic carbocycles. The normalized spacial score (nSPS) is 17.5.